The summed E-state index contributed by atoms with van der Waals surface area (Å²) in [6.07, 6.45) is 1.59. The zero-order valence-corrected chi connectivity index (χ0v) is 17.0. The molecule has 5 rings (SSSR count). The second kappa shape index (κ2) is 7.77. The number of H-pyrrole nitrogens is 3. The van der Waals surface area contributed by atoms with Crippen molar-refractivity contribution in [3.63, 3.8) is 0 Å². The number of aliphatic imine (C=N–C) groups is 1. The molecule has 1 aliphatic heterocycles. The molecule has 0 spiro atoms. The van der Waals surface area contributed by atoms with Gasteiger partial charge in [-0.2, -0.15) is 0 Å². The number of rotatable bonds is 4. The van der Waals surface area contributed by atoms with Crippen molar-refractivity contribution in [2.45, 2.75) is 6.92 Å². The van der Waals surface area contributed by atoms with Gasteiger partial charge in [0, 0.05) is 25.0 Å². The predicted molar refractivity (Wildman–Crippen MR) is 120 cm³/mol. The lowest BCUT2D eigenvalue weighted by molar-refractivity contribution is 0.123. The molecule has 2 aromatic carbocycles. The third kappa shape index (κ3) is 3.59. The third-order valence-electron chi connectivity index (χ3n) is 5.43. The Balaban J connectivity index is 1.58. The van der Waals surface area contributed by atoms with Gasteiger partial charge in [-0.1, -0.05) is 18.2 Å². The average molecular weight is 418 g/mol. The van der Waals surface area contributed by atoms with Gasteiger partial charge in [0.15, 0.2) is 0 Å². The van der Waals surface area contributed by atoms with E-state index >= 15 is 0 Å². The molecule has 1 saturated heterocycles. The van der Waals surface area contributed by atoms with Gasteiger partial charge >= 0.3 is 5.69 Å². The van der Waals surface area contributed by atoms with E-state index in [-0.39, 0.29) is 11.2 Å². The topological polar surface area (TPSA) is 111 Å². The molecule has 3 N–H and O–H groups in total. The minimum absolute atomic E-state index is 0.170. The van der Waals surface area contributed by atoms with Crippen LogP contribution in [0.1, 0.15) is 11.3 Å². The first-order valence-electron chi connectivity index (χ1n) is 10.1. The summed E-state index contributed by atoms with van der Waals surface area (Å²) in [5.41, 5.74) is 4.48. The predicted octanol–water partition coefficient (Wildman–Crippen LogP) is 2.23. The lowest BCUT2D eigenvalue weighted by atomic mass is 10.2. The van der Waals surface area contributed by atoms with Crippen molar-refractivity contribution in [1.29, 1.82) is 0 Å². The summed E-state index contributed by atoms with van der Waals surface area (Å²) in [5.74, 6) is 0. The van der Waals surface area contributed by atoms with E-state index in [1.54, 1.807) is 6.21 Å². The number of aryl methyl sites for hydroxylation is 1. The molecule has 158 valence electrons. The fourth-order valence-electron chi connectivity index (χ4n) is 3.83. The summed E-state index contributed by atoms with van der Waals surface area (Å²) in [4.78, 5) is 37.1. The highest BCUT2D eigenvalue weighted by molar-refractivity contribution is 5.91. The SMILES string of the molecule is Cc1[nH]n(-c2ccccc2)c(=O)c1C=Nc1cc2[nH]c(=O)[nH]c2cc1N1CCOCC1. The highest BCUT2D eigenvalue weighted by Gasteiger charge is 2.17. The van der Waals surface area contributed by atoms with E-state index in [1.807, 2.05) is 49.4 Å². The number of hydrogen-bond donors (Lipinski definition) is 3. The quantitative estimate of drug-likeness (QED) is 0.441. The summed E-state index contributed by atoms with van der Waals surface area (Å²) in [5, 5.41) is 3.11. The van der Waals surface area contributed by atoms with E-state index in [1.165, 1.54) is 4.68 Å². The molecule has 31 heavy (non-hydrogen) atoms. The Hall–Kier alpha value is -3.85. The van der Waals surface area contributed by atoms with Crippen molar-refractivity contribution < 1.29 is 4.74 Å². The second-order valence-electron chi connectivity index (χ2n) is 7.45. The number of aromatic amines is 3. The minimum atomic E-state index is -0.267. The number of aromatic nitrogens is 4. The number of morpholine rings is 1. The van der Waals surface area contributed by atoms with Crippen molar-refractivity contribution in [1.82, 2.24) is 19.7 Å². The molecule has 1 aliphatic rings. The molecular formula is C22H22N6O3. The van der Waals surface area contributed by atoms with E-state index in [9.17, 15) is 9.59 Å². The van der Waals surface area contributed by atoms with Crippen LogP contribution in [0.4, 0.5) is 11.4 Å². The first-order chi connectivity index (χ1) is 15.1. The number of hydrogen-bond acceptors (Lipinski definition) is 5. The largest absolute Gasteiger partial charge is 0.378 e. The van der Waals surface area contributed by atoms with E-state index in [0.29, 0.717) is 30.0 Å². The molecule has 4 aromatic rings. The number of fused-ring (bicyclic) bond motifs is 1. The van der Waals surface area contributed by atoms with Crippen LogP contribution >= 0.6 is 0 Å². The zero-order valence-electron chi connectivity index (χ0n) is 17.0. The third-order valence-corrected chi connectivity index (χ3v) is 5.43. The van der Waals surface area contributed by atoms with Gasteiger partial charge in [-0.05, 0) is 31.2 Å². The monoisotopic (exact) mass is 418 g/mol. The Morgan fingerprint density at radius 2 is 1.74 bits per heavy atom. The van der Waals surface area contributed by atoms with Crippen molar-refractivity contribution >= 4 is 28.6 Å². The normalized spacial score (nSPS) is 14.7. The molecule has 0 amide bonds. The number of anilines is 1. The van der Waals surface area contributed by atoms with Gasteiger partial charge in [-0.15, -0.1) is 0 Å². The molecule has 1 fully saturated rings. The van der Waals surface area contributed by atoms with Crippen molar-refractivity contribution in [3.8, 4) is 5.69 Å². The highest BCUT2D eigenvalue weighted by Crippen LogP contribution is 2.32. The van der Waals surface area contributed by atoms with Crippen molar-refractivity contribution in [2.75, 3.05) is 31.2 Å². The van der Waals surface area contributed by atoms with Crippen LogP contribution in [0.15, 0.2) is 57.0 Å². The fraction of sp³-hybridized carbons (Fsp3) is 0.227. The van der Waals surface area contributed by atoms with Crippen LogP contribution in [-0.2, 0) is 4.74 Å². The fourth-order valence-corrected chi connectivity index (χ4v) is 3.83. The minimum Gasteiger partial charge on any atom is -0.378 e. The Morgan fingerprint density at radius 3 is 2.48 bits per heavy atom. The van der Waals surface area contributed by atoms with Gasteiger partial charge < -0.3 is 19.6 Å². The molecule has 3 heterocycles. The lowest BCUT2D eigenvalue weighted by Gasteiger charge is -2.29. The van der Waals surface area contributed by atoms with E-state index < -0.39 is 0 Å². The number of nitrogens with zero attached hydrogens (tertiary/aromatic N) is 3. The van der Waals surface area contributed by atoms with Crippen LogP contribution in [0.3, 0.4) is 0 Å². The Labute approximate surface area is 177 Å². The van der Waals surface area contributed by atoms with E-state index in [4.69, 9.17) is 4.74 Å². The lowest BCUT2D eigenvalue weighted by Crippen LogP contribution is -2.36. The number of ether oxygens (including phenoxy) is 1. The molecule has 2 aromatic heterocycles. The van der Waals surface area contributed by atoms with Gasteiger partial charge in [-0.25, -0.2) is 9.48 Å². The smallest absolute Gasteiger partial charge is 0.323 e. The molecule has 0 saturated carbocycles. The Morgan fingerprint density at radius 1 is 1.03 bits per heavy atom. The first-order valence-corrected chi connectivity index (χ1v) is 10.1. The maximum atomic E-state index is 13.0. The maximum Gasteiger partial charge on any atom is 0.323 e. The molecule has 0 unspecified atom stereocenters. The van der Waals surface area contributed by atoms with Gasteiger partial charge in [0.05, 0.1) is 46.9 Å². The van der Waals surface area contributed by atoms with E-state index in [2.05, 4.69) is 25.0 Å². The first kappa shape index (κ1) is 19.1. The maximum absolute atomic E-state index is 13.0. The Bertz CT molecular complexity index is 1370. The van der Waals surface area contributed by atoms with Crippen LogP contribution in [-0.4, -0.2) is 52.3 Å². The number of imidazole rings is 1. The molecule has 0 bridgehead atoms. The second-order valence-corrected chi connectivity index (χ2v) is 7.45. The van der Waals surface area contributed by atoms with Crippen molar-refractivity contribution in [2.24, 2.45) is 4.99 Å². The van der Waals surface area contributed by atoms with Crippen molar-refractivity contribution in [3.05, 3.63) is 74.6 Å². The summed E-state index contributed by atoms with van der Waals surface area (Å²) in [6, 6.07) is 13.1. The van der Waals surface area contributed by atoms with Gasteiger partial charge in [0.2, 0.25) is 0 Å². The summed E-state index contributed by atoms with van der Waals surface area (Å²) >= 11 is 0. The number of benzene rings is 2. The summed E-state index contributed by atoms with van der Waals surface area (Å²) < 4.78 is 6.97. The highest BCUT2D eigenvalue weighted by atomic mass is 16.5. The van der Waals surface area contributed by atoms with Gasteiger partial charge in [0.1, 0.15) is 0 Å². The zero-order chi connectivity index (χ0) is 21.4. The molecule has 0 atom stereocenters. The molecule has 9 nitrogen and oxygen atoms in total. The van der Waals surface area contributed by atoms with Crippen LogP contribution in [0.2, 0.25) is 0 Å². The van der Waals surface area contributed by atoms with Gasteiger partial charge in [-0.3, -0.25) is 14.9 Å². The van der Waals surface area contributed by atoms with Gasteiger partial charge in [0.25, 0.3) is 5.56 Å². The standard InChI is InChI=1S/C22H22N6O3/c1-14-16(21(29)28(26-14)15-5-3-2-4-6-15)13-23-19-11-17-18(25-22(30)24-17)12-20(19)27-7-9-31-10-8-27/h2-6,11-13,26H,7-10H2,1H3,(H2,24,25,30). The molecule has 9 heteroatoms. The van der Waals surface area contributed by atoms with E-state index in [0.717, 1.165) is 35.7 Å². The number of nitrogens with one attached hydrogen (secondary N) is 3. The molecule has 0 aliphatic carbocycles. The molecular weight excluding hydrogens is 396 g/mol. The summed E-state index contributed by atoms with van der Waals surface area (Å²) in [7, 11) is 0. The van der Waals surface area contributed by atoms with Crippen LogP contribution in [0, 0.1) is 6.92 Å². The molecule has 0 radical (unpaired) electrons. The average Bonchev–Trinajstić information content (AvgIpc) is 3.30. The van der Waals surface area contributed by atoms with Crippen LogP contribution < -0.4 is 16.1 Å². The van der Waals surface area contributed by atoms with Crippen LogP contribution in [0.5, 0.6) is 0 Å². The Kier molecular flexibility index (Phi) is 4.79. The summed E-state index contributed by atoms with van der Waals surface area (Å²) in [6.45, 7) is 4.56. The van der Waals surface area contributed by atoms with Crippen LogP contribution in [0.25, 0.3) is 16.7 Å². The number of para-hydroxylation sites is 1.